The Labute approximate surface area is 125 Å². The van der Waals surface area contributed by atoms with Crippen LogP contribution >= 0.6 is 0 Å². The lowest BCUT2D eigenvalue weighted by atomic mass is 10.2. The molecule has 0 saturated heterocycles. The van der Waals surface area contributed by atoms with Gasteiger partial charge in [0.15, 0.2) is 5.03 Å². The number of hydrogen-bond acceptors (Lipinski definition) is 4. The largest absolute Gasteiger partial charge is 0.378 e. The number of sulfonamides is 1. The van der Waals surface area contributed by atoms with Crippen LogP contribution in [0.1, 0.15) is 18.3 Å². The number of aromatic nitrogens is 2. The van der Waals surface area contributed by atoms with Crippen LogP contribution in [0.5, 0.6) is 0 Å². The van der Waals surface area contributed by atoms with Gasteiger partial charge in [0.1, 0.15) is 5.82 Å². The number of H-pyrrole nitrogens is 1. The molecule has 0 spiro atoms. The Balaban J connectivity index is 2.04. The first kappa shape index (κ1) is 15.5. The number of imidazole rings is 1. The fraction of sp³-hybridized carbons (Fsp3) is 0.357. The van der Waals surface area contributed by atoms with Gasteiger partial charge in [0.25, 0.3) is 10.0 Å². The van der Waals surface area contributed by atoms with Crippen molar-refractivity contribution in [3.63, 3.8) is 0 Å². The van der Waals surface area contributed by atoms with Gasteiger partial charge < -0.3 is 9.88 Å². The van der Waals surface area contributed by atoms with Crippen molar-refractivity contribution in [3.8, 4) is 0 Å². The molecule has 2 rings (SSSR count). The van der Waals surface area contributed by atoms with Crippen LogP contribution in [0.15, 0.2) is 35.5 Å². The topological polar surface area (TPSA) is 78.1 Å². The van der Waals surface area contributed by atoms with Crippen LogP contribution in [-0.2, 0) is 23.0 Å². The zero-order chi connectivity index (χ0) is 15.5. The predicted octanol–water partition coefficient (Wildman–Crippen LogP) is 1.52. The van der Waals surface area contributed by atoms with Crippen molar-refractivity contribution in [2.45, 2.75) is 24.9 Å². The highest BCUT2D eigenvalue weighted by Crippen LogP contribution is 2.13. The summed E-state index contributed by atoms with van der Waals surface area (Å²) in [7, 11) is 0.367. The fourth-order valence-electron chi connectivity index (χ4n) is 1.83. The minimum atomic E-state index is -3.55. The van der Waals surface area contributed by atoms with Crippen LogP contribution in [0.25, 0.3) is 0 Å². The molecule has 1 aromatic heterocycles. The maximum atomic E-state index is 12.1. The normalized spacial score (nSPS) is 11.6. The molecule has 21 heavy (non-hydrogen) atoms. The molecule has 0 atom stereocenters. The molecular formula is C14H20N4O2S. The highest BCUT2D eigenvalue weighted by Gasteiger charge is 2.16. The second-order valence-corrected chi connectivity index (χ2v) is 6.67. The predicted molar refractivity (Wildman–Crippen MR) is 82.8 cm³/mol. The van der Waals surface area contributed by atoms with Gasteiger partial charge in [-0.25, -0.2) is 18.1 Å². The second kappa shape index (κ2) is 6.28. The average molecular weight is 308 g/mol. The lowest BCUT2D eigenvalue weighted by Crippen LogP contribution is -2.23. The van der Waals surface area contributed by atoms with Crippen LogP contribution in [0.3, 0.4) is 0 Å². The van der Waals surface area contributed by atoms with Gasteiger partial charge in [0.05, 0.1) is 6.20 Å². The molecule has 0 unspecified atom stereocenters. The fourth-order valence-corrected chi connectivity index (χ4v) is 2.78. The minimum absolute atomic E-state index is 0.101. The molecule has 2 N–H and O–H groups in total. The van der Waals surface area contributed by atoms with Gasteiger partial charge in [-0.1, -0.05) is 19.1 Å². The van der Waals surface area contributed by atoms with Crippen molar-refractivity contribution in [2.24, 2.45) is 0 Å². The molecule has 0 aliphatic heterocycles. The first-order valence-electron chi connectivity index (χ1n) is 6.72. The Kier molecular flexibility index (Phi) is 4.64. The van der Waals surface area contributed by atoms with Crippen molar-refractivity contribution in [1.29, 1.82) is 0 Å². The van der Waals surface area contributed by atoms with Crippen LogP contribution in [0.4, 0.5) is 5.69 Å². The van der Waals surface area contributed by atoms with E-state index >= 15 is 0 Å². The van der Waals surface area contributed by atoms with E-state index in [0.29, 0.717) is 12.2 Å². The lowest BCUT2D eigenvalue weighted by molar-refractivity contribution is 0.578. The Morgan fingerprint density at radius 1 is 1.24 bits per heavy atom. The molecule has 0 aliphatic rings. The lowest BCUT2D eigenvalue weighted by Gasteiger charge is -2.12. The highest BCUT2D eigenvalue weighted by atomic mass is 32.2. The summed E-state index contributed by atoms with van der Waals surface area (Å²) in [5.41, 5.74) is 1.97. The summed E-state index contributed by atoms with van der Waals surface area (Å²) in [5, 5.41) is 0.101. The maximum absolute atomic E-state index is 12.1. The number of nitrogens with zero attached hydrogens (tertiary/aromatic N) is 2. The SMILES string of the molecule is CCc1ncc(S(=O)(=O)NCc2ccc(N(C)C)cc2)[nH]1. The van der Waals surface area contributed by atoms with E-state index in [4.69, 9.17) is 0 Å². The third-order valence-electron chi connectivity index (χ3n) is 3.15. The summed E-state index contributed by atoms with van der Waals surface area (Å²) in [5.74, 6) is 0.658. The van der Waals surface area contributed by atoms with Gasteiger partial charge in [0.2, 0.25) is 0 Å². The van der Waals surface area contributed by atoms with Gasteiger partial charge in [-0.05, 0) is 17.7 Å². The van der Waals surface area contributed by atoms with E-state index in [2.05, 4.69) is 14.7 Å². The molecule has 114 valence electrons. The minimum Gasteiger partial charge on any atom is -0.378 e. The van der Waals surface area contributed by atoms with E-state index in [0.717, 1.165) is 11.3 Å². The number of hydrogen-bond donors (Lipinski definition) is 2. The summed E-state index contributed by atoms with van der Waals surface area (Å²) in [6.45, 7) is 2.16. The zero-order valence-corrected chi connectivity index (χ0v) is 13.2. The first-order chi connectivity index (χ1) is 9.92. The van der Waals surface area contributed by atoms with Crippen molar-refractivity contribution in [1.82, 2.24) is 14.7 Å². The van der Waals surface area contributed by atoms with Gasteiger partial charge in [0, 0.05) is 32.7 Å². The van der Waals surface area contributed by atoms with E-state index < -0.39 is 10.0 Å². The van der Waals surface area contributed by atoms with Crippen LogP contribution < -0.4 is 9.62 Å². The van der Waals surface area contributed by atoms with Crippen LogP contribution in [0, 0.1) is 0 Å². The summed E-state index contributed by atoms with van der Waals surface area (Å²) in [6, 6.07) is 7.72. The third-order valence-corrected chi connectivity index (χ3v) is 4.46. The molecule has 0 radical (unpaired) electrons. The van der Waals surface area contributed by atoms with Crippen molar-refractivity contribution in [2.75, 3.05) is 19.0 Å². The van der Waals surface area contributed by atoms with Crippen molar-refractivity contribution < 1.29 is 8.42 Å². The quantitative estimate of drug-likeness (QED) is 0.848. The molecule has 2 aromatic rings. The molecule has 1 aromatic carbocycles. The Morgan fingerprint density at radius 2 is 1.90 bits per heavy atom. The van der Waals surface area contributed by atoms with E-state index in [1.54, 1.807) is 0 Å². The third kappa shape index (κ3) is 3.83. The highest BCUT2D eigenvalue weighted by molar-refractivity contribution is 7.89. The summed E-state index contributed by atoms with van der Waals surface area (Å²) in [6.07, 6.45) is 2.01. The second-order valence-electron chi connectivity index (χ2n) is 4.93. The van der Waals surface area contributed by atoms with E-state index in [1.807, 2.05) is 50.2 Å². The molecule has 0 aliphatic carbocycles. The van der Waals surface area contributed by atoms with Gasteiger partial charge in [-0.2, -0.15) is 0 Å². The summed E-state index contributed by atoms with van der Waals surface area (Å²) in [4.78, 5) is 8.79. The number of benzene rings is 1. The van der Waals surface area contributed by atoms with Crippen molar-refractivity contribution >= 4 is 15.7 Å². The number of rotatable bonds is 6. The Morgan fingerprint density at radius 3 is 2.43 bits per heavy atom. The molecule has 1 heterocycles. The van der Waals surface area contributed by atoms with Crippen LogP contribution in [-0.4, -0.2) is 32.5 Å². The van der Waals surface area contributed by atoms with Crippen molar-refractivity contribution in [3.05, 3.63) is 41.9 Å². The monoisotopic (exact) mass is 308 g/mol. The Bertz CT molecular complexity index is 690. The molecule has 0 amide bonds. The van der Waals surface area contributed by atoms with Gasteiger partial charge in [-0.3, -0.25) is 0 Å². The molecule has 0 bridgehead atoms. The molecule has 6 nitrogen and oxygen atoms in total. The molecular weight excluding hydrogens is 288 g/mol. The molecule has 0 fully saturated rings. The standard InChI is InChI=1S/C14H20N4O2S/c1-4-13-15-10-14(17-13)21(19,20)16-9-11-5-7-12(8-6-11)18(2)3/h5-8,10,16H,4,9H2,1-3H3,(H,15,17). The van der Waals surface area contributed by atoms with Crippen LogP contribution in [0.2, 0.25) is 0 Å². The molecule has 0 saturated carbocycles. The molecule has 7 heteroatoms. The van der Waals surface area contributed by atoms with Gasteiger partial charge in [-0.15, -0.1) is 0 Å². The summed E-state index contributed by atoms with van der Waals surface area (Å²) >= 11 is 0. The van der Waals surface area contributed by atoms with Gasteiger partial charge >= 0.3 is 0 Å². The average Bonchev–Trinajstić information content (AvgIpc) is 2.95. The smallest absolute Gasteiger partial charge is 0.257 e. The number of aryl methyl sites for hydroxylation is 1. The maximum Gasteiger partial charge on any atom is 0.257 e. The van der Waals surface area contributed by atoms with E-state index in [9.17, 15) is 8.42 Å². The number of nitrogens with one attached hydrogen (secondary N) is 2. The summed E-state index contributed by atoms with van der Waals surface area (Å²) < 4.78 is 26.8. The first-order valence-corrected chi connectivity index (χ1v) is 8.20. The number of anilines is 1. The van der Waals surface area contributed by atoms with E-state index in [1.165, 1.54) is 6.20 Å². The van der Waals surface area contributed by atoms with E-state index in [-0.39, 0.29) is 11.6 Å². The Hall–Kier alpha value is -1.86. The zero-order valence-electron chi connectivity index (χ0n) is 12.4. The number of aromatic amines is 1.